The van der Waals surface area contributed by atoms with E-state index >= 15 is 0 Å². The number of aromatic nitrogens is 3. The predicted octanol–water partition coefficient (Wildman–Crippen LogP) is 1.38. The highest BCUT2D eigenvalue weighted by Gasteiger charge is 2.22. The van der Waals surface area contributed by atoms with E-state index in [1.54, 1.807) is 24.0 Å². The topological polar surface area (TPSA) is 51.9 Å². The third-order valence-corrected chi connectivity index (χ3v) is 3.77. The summed E-state index contributed by atoms with van der Waals surface area (Å²) >= 11 is 0. The number of piperidine rings is 1. The zero-order valence-electron chi connectivity index (χ0n) is 11.0. The predicted molar refractivity (Wildman–Crippen MR) is 72.2 cm³/mol. The van der Waals surface area contributed by atoms with Gasteiger partial charge in [0, 0.05) is 25.5 Å². The van der Waals surface area contributed by atoms with Crippen molar-refractivity contribution < 1.29 is 4.79 Å². The van der Waals surface area contributed by atoms with Crippen LogP contribution in [0.25, 0.3) is 0 Å². The third kappa shape index (κ3) is 2.21. The first-order chi connectivity index (χ1) is 9.27. The van der Waals surface area contributed by atoms with E-state index in [-0.39, 0.29) is 5.78 Å². The van der Waals surface area contributed by atoms with Gasteiger partial charge in [-0.25, -0.2) is 0 Å². The highest BCUT2D eigenvalue weighted by Crippen LogP contribution is 2.22. The molecule has 19 heavy (non-hydrogen) atoms. The molecule has 3 rings (SSSR count). The van der Waals surface area contributed by atoms with Crippen LogP contribution in [0.2, 0.25) is 0 Å². The van der Waals surface area contributed by atoms with E-state index in [0.717, 1.165) is 31.6 Å². The lowest BCUT2D eigenvalue weighted by atomic mass is 10.1. The molecule has 100 valence electrons. The lowest BCUT2D eigenvalue weighted by molar-refractivity contribution is 0.101. The first-order valence-corrected chi connectivity index (χ1v) is 6.67. The van der Waals surface area contributed by atoms with Crippen molar-refractivity contribution in [1.82, 2.24) is 19.7 Å². The Balaban J connectivity index is 1.91. The smallest absolute Gasteiger partial charge is 0.227 e. The first kappa shape index (κ1) is 12.2. The molecule has 0 spiro atoms. The molecule has 1 aliphatic heterocycles. The maximum Gasteiger partial charge on any atom is 0.227 e. The van der Waals surface area contributed by atoms with Gasteiger partial charge in [0.15, 0.2) is 0 Å². The van der Waals surface area contributed by atoms with Gasteiger partial charge >= 0.3 is 0 Å². The fourth-order valence-corrected chi connectivity index (χ4v) is 2.72. The zero-order chi connectivity index (χ0) is 13.2. The summed E-state index contributed by atoms with van der Waals surface area (Å²) in [5.74, 6) is 0.0449. The molecule has 2 aromatic heterocycles. The normalized spacial score (nSPS) is 16.7. The molecule has 0 aliphatic carbocycles. The Morgan fingerprint density at radius 3 is 2.79 bits per heavy atom. The summed E-state index contributed by atoms with van der Waals surface area (Å²) in [6.07, 6.45) is 5.81. The molecule has 0 atom stereocenters. The summed E-state index contributed by atoms with van der Waals surface area (Å²) in [7, 11) is 1.80. The molecule has 5 heteroatoms. The van der Waals surface area contributed by atoms with Crippen LogP contribution in [0.5, 0.6) is 0 Å². The van der Waals surface area contributed by atoms with E-state index in [1.165, 1.54) is 0 Å². The van der Waals surface area contributed by atoms with Crippen molar-refractivity contribution in [2.75, 3.05) is 13.1 Å². The Morgan fingerprint density at radius 1 is 1.32 bits per heavy atom. The quantitative estimate of drug-likeness (QED) is 0.846. The van der Waals surface area contributed by atoms with Gasteiger partial charge in [0.05, 0.1) is 5.69 Å². The van der Waals surface area contributed by atoms with Gasteiger partial charge in [-0.3, -0.25) is 9.48 Å². The van der Waals surface area contributed by atoms with Gasteiger partial charge in [0.2, 0.25) is 5.78 Å². The lowest BCUT2D eigenvalue weighted by Crippen LogP contribution is -2.30. The fraction of sp³-hybridized carbons (Fsp3) is 0.429. The SMILES string of the molecule is Cn1nccc1C(=O)c1cccn1C1CCNCC1. The largest absolute Gasteiger partial charge is 0.342 e. The molecule has 1 fully saturated rings. The summed E-state index contributed by atoms with van der Waals surface area (Å²) in [6.45, 7) is 2.03. The highest BCUT2D eigenvalue weighted by atomic mass is 16.1. The Bertz CT molecular complexity index is 578. The van der Waals surface area contributed by atoms with Crippen LogP contribution >= 0.6 is 0 Å². The average molecular weight is 258 g/mol. The Hall–Kier alpha value is -1.88. The van der Waals surface area contributed by atoms with E-state index in [2.05, 4.69) is 15.0 Å². The van der Waals surface area contributed by atoms with Crippen molar-refractivity contribution in [2.45, 2.75) is 18.9 Å². The summed E-state index contributed by atoms with van der Waals surface area (Å²) in [5, 5.41) is 7.42. The minimum absolute atomic E-state index is 0.0449. The molecular weight excluding hydrogens is 240 g/mol. The molecule has 0 radical (unpaired) electrons. The van der Waals surface area contributed by atoms with Crippen molar-refractivity contribution in [2.24, 2.45) is 7.05 Å². The second-order valence-corrected chi connectivity index (χ2v) is 4.95. The van der Waals surface area contributed by atoms with Gasteiger partial charge in [0.25, 0.3) is 0 Å². The second kappa shape index (κ2) is 5.01. The fourth-order valence-electron chi connectivity index (χ4n) is 2.72. The molecule has 0 bridgehead atoms. The number of nitrogens with one attached hydrogen (secondary N) is 1. The van der Waals surface area contributed by atoms with E-state index in [1.807, 2.05) is 18.3 Å². The van der Waals surface area contributed by atoms with Crippen molar-refractivity contribution in [3.8, 4) is 0 Å². The van der Waals surface area contributed by atoms with Gasteiger partial charge in [-0.2, -0.15) is 5.10 Å². The summed E-state index contributed by atoms with van der Waals surface area (Å²) in [5.41, 5.74) is 1.39. The van der Waals surface area contributed by atoms with Crippen LogP contribution in [0, 0.1) is 0 Å². The number of nitrogens with zero attached hydrogens (tertiary/aromatic N) is 3. The molecule has 1 aliphatic rings. The van der Waals surface area contributed by atoms with Gasteiger partial charge in [0.1, 0.15) is 5.69 Å². The molecule has 3 heterocycles. The van der Waals surface area contributed by atoms with Crippen LogP contribution in [-0.4, -0.2) is 33.2 Å². The number of aryl methyl sites for hydroxylation is 1. The average Bonchev–Trinajstić information content (AvgIpc) is 3.07. The maximum absolute atomic E-state index is 12.6. The molecule has 5 nitrogen and oxygen atoms in total. The highest BCUT2D eigenvalue weighted by molar-refractivity contribution is 6.06. The van der Waals surface area contributed by atoms with Crippen molar-refractivity contribution in [1.29, 1.82) is 0 Å². The summed E-state index contributed by atoms with van der Waals surface area (Å²) in [4.78, 5) is 12.6. The van der Waals surface area contributed by atoms with Crippen LogP contribution in [0.15, 0.2) is 30.6 Å². The van der Waals surface area contributed by atoms with Crippen molar-refractivity contribution in [3.05, 3.63) is 42.0 Å². The standard InChI is InChI=1S/C14H18N4O/c1-17-12(6-9-16-17)14(19)13-3-2-10-18(13)11-4-7-15-8-5-11/h2-3,6,9-11,15H,4-5,7-8H2,1H3. The second-order valence-electron chi connectivity index (χ2n) is 4.95. The maximum atomic E-state index is 12.6. The van der Waals surface area contributed by atoms with Crippen molar-refractivity contribution in [3.63, 3.8) is 0 Å². The minimum atomic E-state index is 0.0449. The molecule has 0 aromatic carbocycles. The molecule has 1 N–H and O–H groups in total. The van der Waals surface area contributed by atoms with Gasteiger partial charge in [-0.15, -0.1) is 0 Å². The van der Waals surface area contributed by atoms with Crippen LogP contribution in [0.3, 0.4) is 0 Å². The lowest BCUT2D eigenvalue weighted by Gasteiger charge is -2.25. The molecule has 2 aromatic rings. The Kier molecular flexibility index (Phi) is 3.21. The van der Waals surface area contributed by atoms with E-state index in [9.17, 15) is 4.79 Å². The van der Waals surface area contributed by atoms with Crippen LogP contribution in [0.4, 0.5) is 0 Å². The van der Waals surface area contributed by atoms with E-state index < -0.39 is 0 Å². The number of rotatable bonds is 3. The molecule has 0 unspecified atom stereocenters. The van der Waals surface area contributed by atoms with Crippen LogP contribution < -0.4 is 5.32 Å². The Labute approximate surface area is 112 Å². The monoisotopic (exact) mass is 258 g/mol. The van der Waals surface area contributed by atoms with Crippen LogP contribution in [0.1, 0.15) is 35.1 Å². The zero-order valence-corrected chi connectivity index (χ0v) is 11.0. The summed E-state index contributed by atoms with van der Waals surface area (Å²) < 4.78 is 3.75. The number of carbonyl (C=O) groups excluding carboxylic acids is 1. The molecule has 0 saturated carbocycles. The van der Waals surface area contributed by atoms with Gasteiger partial charge in [-0.05, 0) is 44.1 Å². The minimum Gasteiger partial charge on any atom is -0.342 e. The number of carbonyl (C=O) groups is 1. The number of hydrogen-bond donors (Lipinski definition) is 1. The third-order valence-electron chi connectivity index (χ3n) is 3.77. The van der Waals surface area contributed by atoms with Gasteiger partial charge < -0.3 is 9.88 Å². The van der Waals surface area contributed by atoms with E-state index in [4.69, 9.17) is 0 Å². The van der Waals surface area contributed by atoms with Crippen LogP contribution in [-0.2, 0) is 7.05 Å². The molecule has 1 saturated heterocycles. The van der Waals surface area contributed by atoms with Crippen molar-refractivity contribution >= 4 is 5.78 Å². The molecule has 0 amide bonds. The Morgan fingerprint density at radius 2 is 2.11 bits per heavy atom. The van der Waals surface area contributed by atoms with E-state index in [0.29, 0.717) is 11.7 Å². The first-order valence-electron chi connectivity index (χ1n) is 6.67. The number of ketones is 1. The summed E-state index contributed by atoms with van der Waals surface area (Å²) in [6, 6.07) is 6.04. The molecular formula is C14H18N4O. The van der Waals surface area contributed by atoms with Gasteiger partial charge in [-0.1, -0.05) is 0 Å². The number of hydrogen-bond acceptors (Lipinski definition) is 3.